The highest BCUT2D eigenvalue weighted by Crippen LogP contribution is 2.20. The molecule has 1 unspecified atom stereocenters. The molecule has 2 rings (SSSR count). The lowest BCUT2D eigenvalue weighted by Crippen LogP contribution is -2.24. The second kappa shape index (κ2) is 8.25. The van der Waals surface area contributed by atoms with Crippen molar-refractivity contribution in [2.45, 2.75) is 39.2 Å². The van der Waals surface area contributed by atoms with Crippen molar-refractivity contribution in [3.63, 3.8) is 0 Å². The molecule has 2 heterocycles. The number of hydrogen-bond acceptors (Lipinski definition) is 3. The van der Waals surface area contributed by atoms with Gasteiger partial charge in [-0.1, -0.05) is 19.9 Å². The summed E-state index contributed by atoms with van der Waals surface area (Å²) in [6.45, 7) is 5.32. The Bertz CT molecular complexity index is 554. The van der Waals surface area contributed by atoms with Gasteiger partial charge in [-0.15, -0.1) is 0 Å². The fraction of sp³-hybridized carbons (Fsp3) is 0.412. The van der Waals surface area contributed by atoms with Crippen LogP contribution in [0.25, 0.3) is 0 Å². The van der Waals surface area contributed by atoms with E-state index in [9.17, 15) is 0 Å². The fourth-order valence-corrected chi connectivity index (χ4v) is 2.62. The van der Waals surface area contributed by atoms with Gasteiger partial charge in [0.1, 0.15) is 0 Å². The third kappa shape index (κ3) is 4.90. The number of halogens is 1. The van der Waals surface area contributed by atoms with Crippen LogP contribution in [0.3, 0.4) is 0 Å². The van der Waals surface area contributed by atoms with E-state index in [0.717, 1.165) is 36.0 Å². The standard InChI is InChI=1S/C17H22BrN3/c1-3-7-20-17(14-8-15(18)12-19-11-14)9-16-6-5-13(4-2)10-21-16/h5-6,8,10-12,17,20H,3-4,7,9H2,1-2H3. The first kappa shape index (κ1) is 16.1. The second-order valence-corrected chi connectivity index (χ2v) is 6.07. The molecular weight excluding hydrogens is 326 g/mol. The van der Waals surface area contributed by atoms with Crippen molar-refractivity contribution in [1.82, 2.24) is 15.3 Å². The summed E-state index contributed by atoms with van der Waals surface area (Å²) in [5, 5.41) is 3.59. The molecular formula is C17H22BrN3. The van der Waals surface area contributed by atoms with Gasteiger partial charge < -0.3 is 5.32 Å². The number of hydrogen-bond donors (Lipinski definition) is 1. The summed E-state index contributed by atoms with van der Waals surface area (Å²) in [5.74, 6) is 0. The van der Waals surface area contributed by atoms with Crippen LogP contribution in [0, 0.1) is 0 Å². The SMILES string of the molecule is CCCNC(Cc1ccc(CC)cn1)c1cncc(Br)c1. The normalized spacial score (nSPS) is 12.3. The molecule has 1 atom stereocenters. The van der Waals surface area contributed by atoms with E-state index < -0.39 is 0 Å². The van der Waals surface area contributed by atoms with E-state index >= 15 is 0 Å². The fourth-order valence-electron chi connectivity index (χ4n) is 2.24. The summed E-state index contributed by atoms with van der Waals surface area (Å²) in [4.78, 5) is 8.85. The third-order valence-corrected chi connectivity index (χ3v) is 3.91. The summed E-state index contributed by atoms with van der Waals surface area (Å²) in [6.07, 6.45) is 8.74. The predicted octanol–water partition coefficient (Wildman–Crippen LogP) is 4.08. The van der Waals surface area contributed by atoms with Crippen LogP contribution < -0.4 is 5.32 Å². The smallest absolute Gasteiger partial charge is 0.0422 e. The topological polar surface area (TPSA) is 37.8 Å². The molecule has 0 aliphatic carbocycles. The lowest BCUT2D eigenvalue weighted by atomic mass is 10.0. The highest BCUT2D eigenvalue weighted by Gasteiger charge is 2.13. The second-order valence-electron chi connectivity index (χ2n) is 5.16. The molecule has 1 N–H and O–H groups in total. The molecule has 4 heteroatoms. The minimum absolute atomic E-state index is 0.245. The summed E-state index contributed by atoms with van der Waals surface area (Å²) >= 11 is 3.50. The largest absolute Gasteiger partial charge is 0.310 e. The molecule has 2 aromatic rings. The number of pyridine rings is 2. The first-order valence-corrected chi connectivity index (χ1v) is 8.29. The van der Waals surface area contributed by atoms with Crippen molar-refractivity contribution in [3.05, 3.63) is 58.1 Å². The lowest BCUT2D eigenvalue weighted by Gasteiger charge is -2.18. The van der Waals surface area contributed by atoms with Gasteiger partial charge in [0.2, 0.25) is 0 Å². The van der Waals surface area contributed by atoms with Gasteiger partial charge in [-0.05, 0) is 58.6 Å². The van der Waals surface area contributed by atoms with E-state index in [1.807, 2.05) is 18.6 Å². The van der Waals surface area contributed by atoms with Crippen LogP contribution in [-0.4, -0.2) is 16.5 Å². The van der Waals surface area contributed by atoms with Gasteiger partial charge in [0.15, 0.2) is 0 Å². The molecule has 0 saturated heterocycles. The first-order valence-electron chi connectivity index (χ1n) is 7.50. The molecule has 112 valence electrons. The Morgan fingerprint density at radius 1 is 1.19 bits per heavy atom. The number of rotatable bonds is 7. The zero-order valence-corrected chi connectivity index (χ0v) is 14.2. The Labute approximate surface area is 135 Å². The molecule has 2 aromatic heterocycles. The molecule has 0 radical (unpaired) electrons. The zero-order valence-electron chi connectivity index (χ0n) is 12.6. The lowest BCUT2D eigenvalue weighted by molar-refractivity contribution is 0.523. The zero-order chi connectivity index (χ0) is 15.1. The van der Waals surface area contributed by atoms with Crippen molar-refractivity contribution in [2.24, 2.45) is 0 Å². The molecule has 21 heavy (non-hydrogen) atoms. The summed E-state index contributed by atoms with van der Waals surface area (Å²) in [6, 6.07) is 6.67. The van der Waals surface area contributed by atoms with Crippen LogP contribution in [0.15, 0.2) is 41.3 Å². The number of nitrogens with zero attached hydrogens (tertiary/aromatic N) is 2. The van der Waals surface area contributed by atoms with Gasteiger partial charge in [-0.2, -0.15) is 0 Å². The van der Waals surface area contributed by atoms with Crippen LogP contribution in [0.2, 0.25) is 0 Å². The molecule has 0 aromatic carbocycles. The maximum atomic E-state index is 4.57. The molecule has 0 aliphatic rings. The van der Waals surface area contributed by atoms with Gasteiger partial charge in [0.25, 0.3) is 0 Å². The van der Waals surface area contributed by atoms with E-state index in [2.05, 4.69) is 63.3 Å². The average molecular weight is 348 g/mol. The Kier molecular flexibility index (Phi) is 6.33. The Balaban J connectivity index is 2.15. The highest BCUT2D eigenvalue weighted by molar-refractivity contribution is 9.10. The average Bonchev–Trinajstić information content (AvgIpc) is 2.52. The van der Waals surface area contributed by atoms with Gasteiger partial charge in [0, 0.05) is 41.2 Å². The molecule has 0 amide bonds. The van der Waals surface area contributed by atoms with Gasteiger partial charge in [-0.3, -0.25) is 9.97 Å². The molecule has 0 fully saturated rings. The van der Waals surface area contributed by atoms with Crippen LogP contribution >= 0.6 is 15.9 Å². The van der Waals surface area contributed by atoms with E-state index in [-0.39, 0.29) is 6.04 Å². The van der Waals surface area contributed by atoms with Gasteiger partial charge >= 0.3 is 0 Å². The van der Waals surface area contributed by atoms with E-state index in [4.69, 9.17) is 0 Å². The van der Waals surface area contributed by atoms with Crippen LogP contribution in [0.4, 0.5) is 0 Å². The Morgan fingerprint density at radius 2 is 2.05 bits per heavy atom. The van der Waals surface area contributed by atoms with Crippen LogP contribution in [-0.2, 0) is 12.8 Å². The van der Waals surface area contributed by atoms with Crippen molar-refractivity contribution >= 4 is 15.9 Å². The van der Waals surface area contributed by atoms with Crippen molar-refractivity contribution in [1.29, 1.82) is 0 Å². The monoisotopic (exact) mass is 347 g/mol. The van der Waals surface area contributed by atoms with Crippen LogP contribution in [0.1, 0.15) is 43.1 Å². The quantitative estimate of drug-likeness (QED) is 0.819. The maximum Gasteiger partial charge on any atom is 0.0422 e. The van der Waals surface area contributed by atoms with E-state index in [0.29, 0.717) is 0 Å². The number of nitrogens with one attached hydrogen (secondary N) is 1. The van der Waals surface area contributed by atoms with Crippen molar-refractivity contribution in [2.75, 3.05) is 6.54 Å². The van der Waals surface area contributed by atoms with Crippen molar-refractivity contribution in [3.8, 4) is 0 Å². The Hall–Kier alpha value is -1.26. The maximum absolute atomic E-state index is 4.57. The van der Waals surface area contributed by atoms with Crippen LogP contribution in [0.5, 0.6) is 0 Å². The molecule has 3 nitrogen and oxygen atoms in total. The molecule has 0 spiro atoms. The molecule has 0 aliphatic heterocycles. The minimum Gasteiger partial charge on any atom is -0.310 e. The summed E-state index contributed by atoms with van der Waals surface area (Å²) in [5.41, 5.74) is 3.58. The Morgan fingerprint density at radius 3 is 2.67 bits per heavy atom. The number of aryl methyl sites for hydroxylation is 1. The summed E-state index contributed by atoms with van der Waals surface area (Å²) in [7, 11) is 0. The van der Waals surface area contributed by atoms with Gasteiger partial charge in [-0.25, -0.2) is 0 Å². The molecule has 0 bridgehead atoms. The highest BCUT2D eigenvalue weighted by atomic mass is 79.9. The van der Waals surface area contributed by atoms with E-state index in [1.165, 1.54) is 11.1 Å². The summed E-state index contributed by atoms with van der Waals surface area (Å²) < 4.78 is 1.01. The van der Waals surface area contributed by atoms with Gasteiger partial charge in [0.05, 0.1) is 0 Å². The third-order valence-electron chi connectivity index (χ3n) is 3.48. The van der Waals surface area contributed by atoms with E-state index in [1.54, 1.807) is 0 Å². The predicted molar refractivity (Wildman–Crippen MR) is 90.3 cm³/mol. The molecule has 0 saturated carbocycles. The van der Waals surface area contributed by atoms with Crippen molar-refractivity contribution < 1.29 is 0 Å². The first-order chi connectivity index (χ1) is 10.2. The minimum atomic E-state index is 0.245. The number of aromatic nitrogens is 2.